The maximum atomic E-state index is 12.6. The summed E-state index contributed by atoms with van der Waals surface area (Å²) in [5, 5.41) is 19.3. The average molecular weight is 428 g/mol. The number of carboxylic acids is 1. The Kier molecular flexibility index (Phi) is 7.02. The third kappa shape index (κ3) is 5.21. The van der Waals surface area contributed by atoms with Crippen molar-refractivity contribution < 1.29 is 32.9 Å². The van der Waals surface area contributed by atoms with Crippen molar-refractivity contribution in [3.05, 3.63) is 23.8 Å². The Hall–Kier alpha value is -1.84. The molecule has 8 nitrogen and oxygen atoms in total. The molecule has 1 aliphatic carbocycles. The highest BCUT2D eigenvalue weighted by molar-refractivity contribution is 7.89. The van der Waals surface area contributed by atoms with Crippen LogP contribution in [0.5, 0.6) is 11.5 Å². The van der Waals surface area contributed by atoms with Gasteiger partial charge < -0.3 is 19.7 Å². The van der Waals surface area contributed by atoms with Gasteiger partial charge in [0.2, 0.25) is 10.0 Å². The Morgan fingerprint density at radius 1 is 1.28 bits per heavy atom. The molecule has 0 bridgehead atoms. The molecule has 1 saturated carbocycles. The van der Waals surface area contributed by atoms with Crippen molar-refractivity contribution in [2.45, 2.75) is 69.6 Å². The van der Waals surface area contributed by atoms with E-state index in [0.717, 1.165) is 31.2 Å². The van der Waals surface area contributed by atoms with Crippen LogP contribution in [0.3, 0.4) is 0 Å². The van der Waals surface area contributed by atoms with Gasteiger partial charge in [0.1, 0.15) is 6.10 Å². The SMILES string of the molecule is CCCCCCCS(=O)(=O)NC1C(O)CC2Oc3c(OCC(=O)O)cccc3C21. The normalized spacial score (nSPS) is 25.3. The highest BCUT2D eigenvalue weighted by atomic mass is 32.2. The second-order valence-electron chi connectivity index (χ2n) is 7.72. The molecule has 162 valence electrons. The lowest BCUT2D eigenvalue weighted by Crippen LogP contribution is -2.44. The van der Waals surface area contributed by atoms with Crippen molar-refractivity contribution in [2.24, 2.45) is 0 Å². The Bertz CT molecular complexity index is 826. The van der Waals surface area contributed by atoms with E-state index in [4.69, 9.17) is 14.6 Å². The van der Waals surface area contributed by atoms with Crippen molar-refractivity contribution in [1.82, 2.24) is 4.72 Å². The molecule has 0 spiro atoms. The van der Waals surface area contributed by atoms with Gasteiger partial charge in [-0.05, 0) is 12.5 Å². The lowest BCUT2D eigenvalue weighted by molar-refractivity contribution is -0.139. The number of carbonyl (C=O) groups is 1. The predicted octanol–water partition coefficient (Wildman–Crippen LogP) is 2.02. The number of hydrogen-bond donors (Lipinski definition) is 3. The molecule has 1 aromatic carbocycles. The zero-order chi connectivity index (χ0) is 21.0. The Labute approximate surface area is 171 Å². The first-order valence-corrected chi connectivity index (χ1v) is 11.8. The second-order valence-corrected chi connectivity index (χ2v) is 9.59. The molecule has 1 aromatic rings. The molecule has 3 rings (SSSR count). The van der Waals surface area contributed by atoms with Crippen LogP contribution in [-0.4, -0.2) is 55.2 Å². The first kappa shape index (κ1) is 21.9. The monoisotopic (exact) mass is 427 g/mol. The molecule has 1 fully saturated rings. The van der Waals surface area contributed by atoms with Gasteiger partial charge in [-0.15, -0.1) is 0 Å². The Balaban J connectivity index is 1.70. The summed E-state index contributed by atoms with van der Waals surface area (Å²) in [5.41, 5.74) is 0.727. The molecule has 0 amide bonds. The number of aliphatic hydroxyl groups is 1. The maximum absolute atomic E-state index is 12.6. The predicted molar refractivity (Wildman–Crippen MR) is 107 cm³/mol. The fourth-order valence-electron chi connectivity index (χ4n) is 4.16. The number of rotatable bonds is 11. The highest BCUT2D eigenvalue weighted by Crippen LogP contribution is 2.50. The van der Waals surface area contributed by atoms with E-state index in [-0.39, 0.29) is 17.8 Å². The minimum Gasteiger partial charge on any atom is -0.485 e. The van der Waals surface area contributed by atoms with E-state index in [1.165, 1.54) is 0 Å². The number of unbranched alkanes of at least 4 members (excludes halogenated alkanes) is 4. The molecule has 0 saturated heterocycles. The fourth-order valence-corrected chi connectivity index (χ4v) is 5.58. The summed E-state index contributed by atoms with van der Waals surface area (Å²) in [5.74, 6) is -0.665. The molecule has 3 N–H and O–H groups in total. The van der Waals surface area contributed by atoms with Crippen molar-refractivity contribution in [2.75, 3.05) is 12.4 Å². The number of hydrogen-bond acceptors (Lipinski definition) is 6. The molecule has 4 atom stereocenters. The summed E-state index contributed by atoms with van der Waals surface area (Å²) in [6.45, 7) is 1.61. The minimum absolute atomic E-state index is 0.0345. The van der Waals surface area contributed by atoms with Gasteiger partial charge >= 0.3 is 5.97 Å². The molecule has 4 unspecified atom stereocenters. The zero-order valence-corrected chi connectivity index (χ0v) is 17.4. The molecule has 0 aromatic heterocycles. The molecule has 29 heavy (non-hydrogen) atoms. The van der Waals surface area contributed by atoms with Crippen molar-refractivity contribution in [1.29, 1.82) is 0 Å². The van der Waals surface area contributed by atoms with E-state index in [0.29, 0.717) is 24.3 Å². The van der Waals surface area contributed by atoms with Crippen LogP contribution in [0.4, 0.5) is 0 Å². The Morgan fingerprint density at radius 2 is 2.03 bits per heavy atom. The number of para-hydroxylation sites is 1. The highest BCUT2D eigenvalue weighted by Gasteiger charge is 2.51. The van der Waals surface area contributed by atoms with E-state index in [1.54, 1.807) is 18.2 Å². The van der Waals surface area contributed by atoms with Crippen LogP contribution in [0.15, 0.2) is 18.2 Å². The summed E-state index contributed by atoms with van der Waals surface area (Å²) >= 11 is 0. The lowest BCUT2D eigenvalue weighted by atomic mass is 9.94. The molecule has 2 aliphatic rings. The summed E-state index contributed by atoms with van der Waals surface area (Å²) in [7, 11) is -3.53. The van der Waals surface area contributed by atoms with Gasteiger partial charge in [-0.2, -0.15) is 0 Å². The number of fused-ring (bicyclic) bond motifs is 3. The first-order valence-electron chi connectivity index (χ1n) is 10.1. The number of carboxylic acid groups (broad SMARTS) is 1. The number of aliphatic hydroxyl groups excluding tert-OH is 1. The van der Waals surface area contributed by atoms with Crippen LogP contribution in [0.25, 0.3) is 0 Å². The van der Waals surface area contributed by atoms with Crippen LogP contribution in [0.1, 0.15) is 56.9 Å². The number of benzene rings is 1. The molecule has 9 heteroatoms. The van der Waals surface area contributed by atoms with Crippen LogP contribution < -0.4 is 14.2 Å². The van der Waals surface area contributed by atoms with Crippen molar-refractivity contribution in [3.63, 3.8) is 0 Å². The van der Waals surface area contributed by atoms with Crippen LogP contribution in [0, 0.1) is 0 Å². The van der Waals surface area contributed by atoms with Gasteiger partial charge in [0.15, 0.2) is 18.1 Å². The fraction of sp³-hybridized carbons (Fsp3) is 0.650. The molecule has 1 heterocycles. The smallest absolute Gasteiger partial charge is 0.341 e. The van der Waals surface area contributed by atoms with Crippen LogP contribution in [-0.2, 0) is 14.8 Å². The summed E-state index contributed by atoms with van der Waals surface area (Å²) in [4.78, 5) is 10.8. The van der Waals surface area contributed by atoms with E-state index in [9.17, 15) is 18.3 Å². The number of nitrogens with one attached hydrogen (secondary N) is 1. The van der Waals surface area contributed by atoms with Gasteiger partial charge in [0.25, 0.3) is 0 Å². The van der Waals surface area contributed by atoms with E-state index in [2.05, 4.69) is 11.6 Å². The number of aliphatic carboxylic acids is 1. The summed E-state index contributed by atoms with van der Waals surface area (Å²) in [6.07, 6.45) is 3.73. The van der Waals surface area contributed by atoms with Gasteiger partial charge in [0, 0.05) is 17.9 Å². The third-order valence-electron chi connectivity index (χ3n) is 5.50. The average Bonchev–Trinajstić information content (AvgIpc) is 3.15. The van der Waals surface area contributed by atoms with E-state index >= 15 is 0 Å². The molecular weight excluding hydrogens is 398 g/mol. The van der Waals surface area contributed by atoms with Crippen molar-refractivity contribution in [3.8, 4) is 11.5 Å². The molecule has 0 radical (unpaired) electrons. The third-order valence-corrected chi connectivity index (χ3v) is 6.95. The first-order chi connectivity index (χ1) is 13.8. The molecular formula is C20H29NO7S. The van der Waals surface area contributed by atoms with Gasteiger partial charge in [0.05, 0.1) is 17.9 Å². The van der Waals surface area contributed by atoms with Crippen LogP contribution in [0.2, 0.25) is 0 Å². The van der Waals surface area contributed by atoms with E-state index < -0.39 is 34.7 Å². The maximum Gasteiger partial charge on any atom is 0.341 e. The largest absolute Gasteiger partial charge is 0.485 e. The van der Waals surface area contributed by atoms with Gasteiger partial charge in [-0.3, -0.25) is 0 Å². The van der Waals surface area contributed by atoms with E-state index in [1.807, 2.05) is 0 Å². The molecule has 1 aliphatic heterocycles. The summed E-state index contributed by atoms with van der Waals surface area (Å²) in [6, 6.07) is 4.45. The standard InChI is InChI=1S/C20H29NO7S/c1-2-3-4-5-6-10-29(25,26)21-19-14(22)11-16-18(19)13-8-7-9-15(20(13)28-16)27-12-17(23)24/h7-9,14,16,18-19,21-22H,2-6,10-12H2,1H3,(H,23,24). The topological polar surface area (TPSA) is 122 Å². The van der Waals surface area contributed by atoms with Gasteiger partial charge in [-0.1, -0.05) is 44.7 Å². The minimum atomic E-state index is -3.53. The number of ether oxygens (including phenoxy) is 2. The Morgan fingerprint density at radius 3 is 2.76 bits per heavy atom. The lowest BCUT2D eigenvalue weighted by Gasteiger charge is -2.22. The van der Waals surface area contributed by atoms with Crippen molar-refractivity contribution >= 4 is 16.0 Å². The number of sulfonamides is 1. The van der Waals surface area contributed by atoms with Gasteiger partial charge in [-0.25, -0.2) is 17.9 Å². The quantitative estimate of drug-likeness (QED) is 0.462. The second kappa shape index (κ2) is 9.32. The zero-order valence-electron chi connectivity index (χ0n) is 16.5. The van der Waals surface area contributed by atoms with Crippen LogP contribution >= 0.6 is 0 Å². The summed E-state index contributed by atoms with van der Waals surface area (Å²) < 4.78 is 39.0.